The third-order valence-electron chi connectivity index (χ3n) is 2.79. The lowest BCUT2D eigenvalue weighted by molar-refractivity contribution is 0.253. The maximum atomic E-state index is 11.7. The Balaban J connectivity index is 2.56. The molecule has 2 N–H and O–H groups in total. The second kappa shape index (κ2) is 5.09. The number of aliphatic hydroxyl groups is 1. The molecule has 1 atom stereocenters. The summed E-state index contributed by atoms with van der Waals surface area (Å²) < 4.78 is 26.0. The molecule has 0 heterocycles. The maximum Gasteiger partial charge on any atom is 0.214 e. The van der Waals surface area contributed by atoms with Crippen molar-refractivity contribution in [2.45, 2.75) is 50.3 Å². The molecule has 0 aromatic carbocycles. The Morgan fingerprint density at radius 1 is 1.43 bits per heavy atom. The van der Waals surface area contributed by atoms with Gasteiger partial charge in [0.25, 0.3) is 0 Å². The van der Waals surface area contributed by atoms with Crippen LogP contribution >= 0.6 is 0 Å². The number of hydrogen-bond acceptors (Lipinski definition) is 3. The van der Waals surface area contributed by atoms with Gasteiger partial charge in [-0.1, -0.05) is 19.8 Å². The van der Waals surface area contributed by atoms with E-state index >= 15 is 0 Å². The summed E-state index contributed by atoms with van der Waals surface area (Å²) in [6.45, 7) is 1.74. The van der Waals surface area contributed by atoms with Crippen molar-refractivity contribution in [3.8, 4) is 0 Å². The lowest BCUT2D eigenvalue weighted by atomic mass is 10.3. The van der Waals surface area contributed by atoms with Gasteiger partial charge in [-0.05, 0) is 19.3 Å². The van der Waals surface area contributed by atoms with Gasteiger partial charge >= 0.3 is 0 Å². The minimum absolute atomic E-state index is 0.123. The number of hydrogen-bond donors (Lipinski definition) is 2. The van der Waals surface area contributed by atoms with Gasteiger partial charge in [-0.2, -0.15) is 0 Å². The maximum absolute atomic E-state index is 11.7. The zero-order chi connectivity index (χ0) is 10.6. The van der Waals surface area contributed by atoms with Crippen LogP contribution in [0.2, 0.25) is 0 Å². The summed E-state index contributed by atoms with van der Waals surface area (Å²) >= 11 is 0. The molecule has 1 fully saturated rings. The van der Waals surface area contributed by atoms with Crippen molar-refractivity contribution in [2.24, 2.45) is 0 Å². The van der Waals surface area contributed by atoms with Crippen molar-refractivity contribution in [1.29, 1.82) is 0 Å². The molecule has 1 aliphatic carbocycles. The van der Waals surface area contributed by atoms with Crippen molar-refractivity contribution in [2.75, 3.05) is 6.61 Å². The van der Waals surface area contributed by atoms with Crippen molar-refractivity contribution < 1.29 is 13.5 Å². The number of sulfonamides is 1. The van der Waals surface area contributed by atoms with Crippen LogP contribution in [0.4, 0.5) is 0 Å². The molecule has 0 amide bonds. The lowest BCUT2D eigenvalue weighted by Gasteiger charge is -2.17. The van der Waals surface area contributed by atoms with Crippen LogP contribution in [-0.2, 0) is 10.0 Å². The molecule has 0 saturated heterocycles. The van der Waals surface area contributed by atoms with Crippen LogP contribution in [0.15, 0.2) is 0 Å². The zero-order valence-corrected chi connectivity index (χ0v) is 9.39. The average Bonchev–Trinajstić information content (AvgIpc) is 2.67. The molecule has 0 spiro atoms. The third kappa shape index (κ3) is 2.93. The van der Waals surface area contributed by atoms with E-state index < -0.39 is 10.0 Å². The smallest absolute Gasteiger partial charge is 0.214 e. The van der Waals surface area contributed by atoms with E-state index in [1.165, 1.54) is 0 Å². The first-order chi connectivity index (χ1) is 6.60. The van der Waals surface area contributed by atoms with E-state index in [0.717, 1.165) is 25.7 Å². The Morgan fingerprint density at radius 3 is 2.43 bits per heavy atom. The van der Waals surface area contributed by atoms with E-state index in [2.05, 4.69) is 4.72 Å². The first-order valence-corrected chi connectivity index (χ1v) is 6.76. The number of aliphatic hydroxyl groups excluding tert-OH is 1. The van der Waals surface area contributed by atoms with Crippen molar-refractivity contribution in [1.82, 2.24) is 4.72 Å². The normalized spacial score (nSPS) is 21.3. The molecule has 0 bridgehead atoms. The molecule has 1 saturated carbocycles. The average molecular weight is 221 g/mol. The summed E-state index contributed by atoms with van der Waals surface area (Å²) in [7, 11) is -3.19. The van der Waals surface area contributed by atoms with Gasteiger partial charge in [0.1, 0.15) is 0 Å². The quantitative estimate of drug-likeness (QED) is 0.715. The SMILES string of the molecule is CC[C@H](CO)NS(=O)(=O)C1CCCC1. The van der Waals surface area contributed by atoms with Crippen LogP contribution in [-0.4, -0.2) is 31.4 Å². The molecule has 0 unspecified atom stereocenters. The summed E-state index contributed by atoms with van der Waals surface area (Å²) in [4.78, 5) is 0. The fourth-order valence-corrected chi connectivity index (χ4v) is 3.63. The van der Waals surface area contributed by atoms with Gasteiger partial charge in [-0.25, -0.2) is 13.1 Å². The number of rotatable bonds is 5. The molecule has 0 radical (unpaired) electrons. The van der Waals surface area contributed by atoms with Gasteiger partial charge in [0.05, 0.1) is 11.9 Å². The van der Waals surface area contributed by atoms with Crippen molar-refractivity contribution in [3.63, 3.8) is 0 Å². The Kier molecular flexibility index (Phi) is 4.34. The topological polar surface area (TPSA) is 66.4 Å². The van der Waals surface area contributed by atoms with Crippen molar-refractivity contribution >= 4 is 10.0 Å². The van der Waals surface area contributed by atoms with Gasteiger partial charge < -0.3 is 5.11 Å². The van der Waals surface area contributed by atoms with Gasteiger partial charge in [-0.3, -0.25) is 0 Å². The fraction of sp³-hybridized carbons (Fsp3) is 1.00. The summed E-state index contributed by atoms with van der Waals surface area (Å²) in [5.74, 6) is 0. The highest BCUT2D eigenvalue weighted by molar-refractivity contribution is 7.90. The molecular weight excluding hydrogens is 202 g/mol. The van der Waals surface area contributed by atoms with Crippen LogP contribution < -0.4 is 4.72 Å². The second-order valence-corrected chi connectivity index (χ2v) is 5.85. The molecule has 5 heteroatoms. The van der Waals surface area contributed by atoms with E-state index in [1.54, 1.807) is 0 Å². The van der Waals surface area contributed by atoms with E-state index in [1.807, 2.05) is 6.92 Å². The first-order valence-electron chi connectivity index (χ1n) is 5.22. The van der Waals surface area contributed by atoms with Gasteiger partial charge in [0, 0.05) is 6.04 Å². The minimum atomic E-state index is -3.19. The predicted octanol–water partition coefficient (Wildman–Crippen LogP) is 0.619. The molecule has 14 heavy (non-hydrogen) atoms. The van der Waals surface area contributed by atoms with Crippen LogP contribution in [0.5, 0.6) is 0 Å². The summed E-state index contributed by atoms with van der Waals surface area (Å²) in [5, 5.41) is 8.67. The van der Waals surface area contributed by atoms with Gasteiger partial charge in [0.2, 0.25) is 10.0 Å². The fourth-order valence-electron chi connectivity index (χ4n) is 1.78. The predicted molar refractivity (Wildman–Crippen MR) is 55.5 cm³/mol. The van der Waals surface area contributed by atoms with Crippen LogP contribution in [0.25, 0.3) is 0 Å². The molecule has 0 aromatic heterocycles. The monoisotopic (exact) mass is 221 g/mol. The van der Waals surface area contributed by atoms with E-state index in [0.29, 0.717) is 6.42 Å². The molecule has 84 valence electrons. The molecule has 1 aliphatic rings. The van der Waals surface area contributed by atoms with Crippen molar-refractivity contribution in [3.05, 3.63) is 0 Å². The third-order valence-corrected chi connectivity index (χ3v) is 4.80. The highest BCUT2D eigenvalue weighted by Crippen LogP contribution is 2.24. The highest BCUT2D eigenvalue weighted by atomic mass is 32.2. The molecule has 1 rings (SSSR count). The molecule has 0 aliphatic heterocycles. The summed E-state index contributed by atoms with van der Waals surface area (Å²) in [5.41, 5.74) is 0. The largest absolute Gasteiger partial charge is 0.395 e. The molecule has 0 aromatic rings. The highest BCUT2D eigenvalue weighted by Gasteiger charge is 2.29. The molecular formula is C9H19NO3S. The Hall–Kier alpha value is -0.130. The first kappa shape index (κ1) is 11.9. The second-order valence-electron chi connectivity index (χ2n) is 3.86. The van der Waals surface area contributed by atoms with Crippen LogP contribution in [0, 0.1) is 0 Å². The Bertz CT molecular complexity index is 253. The minimum Gasteiger partial charge on any atom is -0.395 e. The van der Waals surface area contributed by atoms with E-state index in [-0.39, 0.29) is 17.9 Å². The Labute approximate surface area is 85.8 Å². The molecule has 4 nitrogen and oxygen atoms in total. The van der Waals surface area contributed by atoms with Gasteiger partial charge in [-0.15, -0.1) is 0 Å². The summed E-state index contributed by atoms with van der Waals surface area (Å²) in [6, 6.07) is -0.319. The van der Waals surface area contributed by atoms with Crippen LogP contribution in [0.3, 0.4) is 0 Å². The zero-order valence-electron chi connectivity index (χ0n) is 8.57. The lowest BCUT2D eigenvalue weighted by Crippen LogP contribution is -2.41. The standard InChI is InChI=1S/C9H19NO3S/c1-2-8(7-11)10-14(12,13)9-5-3-4-6-9/h8-11H,2-7H2,1H3/t8-/m1/s1. The van der Waals surface area contributed by atoms with E-state index in [9.17, 15) is 8.42 Å². The van der Waals surface area contributed by atoms with E-state index in [4.69, 9.17) is 5.11 Å². The summed E-state index contributed by atoms with van der Waals surface area (Å²) in [6.07, 6.45) is 4.15. The Morgan fingerprint density at radius 2 is 2.00 bits per heavy atom. The van der Waals surface area contributed by atoms with Crippen LogP contribution in [0.1, 0.15) is 39.0 Å². The number of nitrogens with one attached hydrogen (secondary N) is 1. The van der Waals surface area contributed by atoms with Gasteiger partial charge in [0.15, 0.2) is 0 Å².